The van der Waals surface area contributed by atoms with E-state index in [0.29, 0.717) is 0 Å². The van der Waals surface area contributed by atoms with Gasteiger partial charge in [0, 0.05) is 44.8 Å². The molecule has 0 aliphatic carbocycles. The molecule has 3 rings (SSSR count). The summed E-state index contributed by atoms with van der Waals surface area (Å²) >= 11 is 0. The molecule has 2 aromatic rings. The Morgan fingerprint density at radius 1 is 1.10 bits per heavy atom. The molecular formula is C17H17F3N4O4S. The van der Waals surface area contributed by atoms with Gasteiger partial charge in [-0.2, -0.15) is 17.5 Å². The molecule has 0 bridgehead atoms. The fourth-order valence-corrected chi connectivity index (χ4v) is 4.16. The smallest absolute Gasteiger partial charge is 0.422 e. The minimum atomic E-state index is -4.57. The van der Waals surface area contributed by atoms with Gasteiger partial charge >= 0.3 is 6.18 Å². The number of halogens is 3. The van der Waals surface area contributed by atoms with Crippen LogP contribution in [-0.2, 0) is 10.0 Å². The molecule has 3 heterocycles. The van der Waals surface area contributed by atoms with Crippen molar-refractivity contribution in [3.63, 3.8) is 0 Å². The number of amides is 1. The van der Waals surface area contributed by atoms with Crippen LogP contribution in [0, 0.1) is 0 Å². The summed E-state index contributed by atoms with van der Waals surface area (Å²) in [4.78, 5) is 21.6. The highest BCUT2D eigenvalue weighted by molar-refractivity contribution is 7.89. The number of pyridine rings is 2. The van der Waals surface area contributed by atoms with Gasteiger partial charge in [0.05, 0.1) is 0 Å². The summed E-state index contributed by atoms with van der Waals surface area (Å²) in [5.74, 6) is -0.992. The molecule has 1 saturated heterocycles. The molecule has 0 aromatic carbocycles. The summed E-state index contributed by atoms with van der Waals surface area (Å²) in [7, 11) is -3.74. The fourth-order valence-electron chi connectivity index (χ4n) is 2.77. The van der Waals surface area contributed by atoms with Gasteiger partial charge in [0.2, 0.25) is 15.9 Å². The third-order valence-electron chi connectivity index (χ3n) is 4.17. The van der Waals surface area contributed by atoms with Crippen molar-refractivity contribution < 1.29 is 31.1 Å². The first-order valence-corrected chi connectivity index (χ1v) is 9.96. The van der Waals surface area contributed by atoms with Gasteiger partial charge in [-0.15, -0.1) is 0 Å². The van der Waals surface area contributed by atoms with Crippen molar-refractivity contribution in [1.29, 1.82) is 0 Å². The molecule has 2 aromatic heterocycles. The standard InChI is InChI=1S/C17H17F3N4O4S/c18-17(19,20)12-28-15-14(4-2-6-22-15)16(25)23-7-9-24(10-8-23)29(26,27)13-3-1-5-21-11-13/h1-6,11H,7-10,12H2. The van der Waals surface area contributed by atoms with E-state index in [1.807, 2.05) is 0 Å². The van der Waals surface area contributed by atoms with Crippen molar-refractivity contribution in [2.45, 2.75) is 11.1 Å². The number of carbonyl (C=O) groups is 1. The van der Waals surface area contributed by atoms with E-state index in [4.69, 9.17) is 0 Å². The molecule has 1 amide bonds. The quantitative estimate of drug-likeness (QED) is 0.715. The largest absolute Gasteiger partial charge is 0.467 e. The first-order chi connectivity index (χ1) is 13.7. The maximum atomic E-state index is 12.7. The van der Waals surface area contributed by atoms with Crippen LogP contribution in [0.25, 0.3) is 0 Å². The summed E-state index contributed by atoms with van der Waals surface area (Å²) in [5.41, 5.74) is -0.111. The Labute approximate surface area is 165 Å². The summed E-state index contributed by atoms with van der Waals surface area (Å²) in [6.45, 7) is -1.33. The topological polar surface area (TPSA) is 92.7 Å². The van der Waals surface area contributed by atoms with Crippen LogP contribution in [0.4, 0.5) is 13.2 Å². The van der Waals surface area contributed by atoms with Crippen LogP contribution in [0.15, 0.2) is 47.8 Å². The van der Waals surface area contributed by atoms with E-state index in [2.05, 4.69) is 14.7 Å². The van der Waals surface area contributed by atoms with Crippen LogP contribution in [0.2, 0.25) is 0 Å². The third kappa shape index (κ3) is 5.01. The van der Waals surface area contributed by atoms with Crippen molar-refractivity contribution in [2.75, 3.05) is 32.8 Å². The normalized spacial score (nSPS) is 15.9. The number of hydrogen-bond donors (Lipinski definition) is 0. The Balaban J connectivity index is 1.68. The number of alkyl halides is 3. The van der Waals surface area contributed by atoms with Crippen LogP contribution < -0.4 is 4.74 Å². The number of nitrogens with zero attached hydrogens (tertiary/aromatic N) is 4. The Bertz CT molecular complexity index is 962. The molecule has 0 atom stereocenters. The minimum Gasteiger partial charge on any atom is -0.467 e. The van der Waals surface area contributed by atoms with E-state index in [9.17, 15) is 26.4 Å². The van der Waals surface area contributed by atoms with Gasteiger partial charge < -0.3 is 9.64 Å². The number of sulfonamides is 1. The van der Waals surface area contributed by atoms with Gasteiger partial charge in [0.15, 0.2) is 6.61 Å². The lowest BCUT2D eigenvalue weighted by atomic mass is 10.2. The molecule has 0 spiro atoms. The second-order valence-corrected chi connectivity index (χ2v) is 8.08. The second kappa shape index (κ2) is 8.33. The minimum absolute atomic E-state index is 0.0436. The van der Waals surface area contributed by atoms with Crippen LogP contribution in [0.5, 0.6) is 5.88 Å². The number of rotatable bonds is 5. The van der Waals surface area contributed by atoms with Crippen LogP contribution in [0.3, 0.4) is 0 Å². The summed E-state index contributed by atoms with van der Waals surface area (Å²) in [6.07, 6.45) is -0.639. The predicted octanol–water partition coefficient (Wildman–Crippen LogP) is 1.56. The van der Waals surface area contributed by atoms with Crippen molar-refractivity contribution >= 4 is 15.9 Å². The zero-order valence-corrected chi connectivity index (χ0v) is 15.9. The summed E-state index contributed by atoms with van der Waals surface area (Å²) < 4.78 is 68.3. The molecule has 0 radical (unpaired) electrons. The van der Waals surface area contributed by atoms with Crippen LogP contribution in [-0.4, -0.2) is 72.5 Å². The number of carbonyl (C=O) groups excluding carboxylic acids is 1. The second-order valence-electron chi connectivity index (χ2n) is 6.14. The van der Waals surface area contributed by atoms with Gasteiger partial charge in [0.1, 0.15) is 10.5 Å². The average Bonchev–Trinajstić information content (AvgIpc) is 2.72. The van der Waals surface area contributed by atoms with E-state index >= 15 is 0 Å². The first-order valence-electron chi connectivity index (χ1n) is 8.52. The van der Waals surface area contributed by atoms with Gasteiger partial charge in [-0.1, -0.05) is 0 Å². The maximum Gasteiger partial charge on any atom is 0.422 e. The lowest BCUT2D eigenvalue weighted by Crippen LogP contribution is -2.50. The highest BCUT2D eigenvalue weighted by Crippen LogP contribution is 2.23. The van der Waals surface area contributed by atoms with Crippen molar-refractivity contribution in [3.8, 4) is 5.88 Å². The predicted molar refractivity (Wildman–Crippen MR) is 94.7 cm³/mol. The Hall–Kier alpha value is -2.73. The molecule has 0 saturated carbocycles. The molecule has 0 N–H and O–H groups in total. The molecule has 0 unspecified atom stereocenters. The van der Waals surface area contributed by atoms with Crippen molar-refractivity contribution in [2.24, 2.45) is 0 Å². The monoisotopic (exact) mass is 430 g/mol. The van der Waals surface area contributed by atoms with Gasteiger partial charge in [0.25, 0.3) is 5.91 Å². The van der Waals surface area contributed by atoms with Crippen LogP contribution >= 0.6 is 0 Å². The number of piperazine rings is 1. The van der Waals surface area contributed by atoms with E-state index < -0.39 is 34.6 Å². The van der Waals surface area contributed by atoms with E-state index in [1.54, 1.807) is 0 Å². The molecule has 29 heavy (non-hydrogen) atoms. The van der Waals surface area contributed by atoms with Gasteiger partial charge in [-0.3, -0.25) is 9.78 Å². The van der Waals surface area contributed by atoms with E-state index in [0.717, 1.165) is 0 Å². The van der Waals surface area contributed by atoms with E-state index in [-0.39, 0.29) is 36.6 Å². The highest BCUT2D eigenvalue weighted by Gasteiger charge is 2.33. The first kappa shape index (κ1) is 21.0. The Kier molecular flexibility index (Phi) is 6.03. The fraction of sp³-hybridized carbons (Fsp3) is 0.353. The molecule has 156 valence electrons. The summed E-state index contributed by atoms with van der Waals surface area (Å²) in [5, 5.41) is 0. The van der Waals surface area contributed by atoms with Crippen molar-refractivity contribution in [1.82, 2.24) is 19.2 Å². The number of hydrogen-bond acceptors (Lipinski definition) is 6. The molecule has 1 aliphatic heterocycles. The summed E-state index contributed by atoms with van der Waals surface area (Å²) in [6, 6.07) is 5.67. The number of ether oxygens (including phenoxy) is 1. The molecule has 8 nitrogen and oxygen atoms in total. The zero-order valence-electron chi connectivity index (χ0n) is 15.0. The average molecular weight is 430 g/mol. The molecule has 1 fully saturated rings. The third-order valence-corrected chi connectivity index (χ3v) is 6.05. The molecule has 1 aliphatic rings. The van der Waals surface area contributed by atoms with Gasteiger partial charge in [-0.25, -0.2) is 13.4 Å². The maximum absolute atomic E-state index is 12.7. The highest BCUT2D eigenvalue weighted by atomic mass is 32.2. The van der Waals surface area contributed by atoms with Crippen LogP contribution in [0.1, 0.15) is 10.4 Å². The van der Waals surface area contributed by atoms with E-state index in [1.165, 1.54) is 52.1 Å². The molecule has 12 heteroatoms. The SMILES string of the molecule is O=C(c1cccnc1OCC(F)(F)F)N1CCN(S(=O)(=O)c2cccnc2)CC1. The van der Waals surface area contributed by atoms with Gasteiger partial charge in [-0.05, 0) is 24.3 Å². The Morgan fingerprint density at radius 2 is 1.79 bits per heavy atom. The Morgan fingerprint density at radius 3 is 2.41 bits per heavy atom. The number of aromatic nitrogens is 2. The molecular weight excluding hydrogens is 413 g/mol. The van der Waals surface area contributed by atoms with Crippen molar-refractivity contribution in [3.05, 3.63) is 48.4 Å². The lowest BCUT2D eigenvalue weighted by molar-refractivity contribution is -0.154. The lowest BCUT2D eigenvalue weighted by Gasteiger charge is -2.34. The zero-order chi connectivity index (χ0) is 21.1.